The highest BCUT2D eigenvalue weighted by Gasteiger charge is 2.34. The molecule has 2 aromatic rings. The van der Waals surface area contributed by atoms with E-state index in [1.54, 1.807) is 0 Å². The summed E-state index contributed by atoms with van der Waals surface area (Å²) in [5, 5.41) is 6.48. The monoisotopic (exact) mass is 522 g/mol. The number of carbonyl (C=O) groups excluding carboxylic acids is 3. The minimum atomic E-state index is -4.76. The van der Waals surface area contributed by atoms with Gasteiger partial charge in [-0.05, 0) is 67.7 Å². The van der Waals surface area contributed by atoms with Gasteiger partial charge in [0.2, 0.25) is 5.91 Å². The third-order valence-electron chi connectivity index (χ3n) is 6.39. The van der Waals surface area contributed by atoms with Gasteiger partial charge in [-0.2, -0.15) is 0 Å². The van der Waals surface area contributed by atoms with Crippen LogP contribution < -0.4 is 15.4 Å². The van der Waals surface area contributed by atoms with E-state index in [1.807, 2.05) is 6.92 Å². The van der Waals surface area contributed by atoms with Gasteiger partial charge in [0.25, 0.3) is 5.91 Å². The fourth-order valence-corrected chi connectivity index (χ4v) is 5.72. The molecule has 10 heteroatoms. The lowest BCUT2D eigenvalue weighted by Gasteiger charge is -2.22. The highest BCUT2D eigenvalue weighted by Crippen LogP contribution is 2.41. The van der Waals surface area contributed by atoms with E-state index in [2.05, 4.69) is 15.4 Å². The van der Waals surface area contributed by atoms with E-state index >= 15 is 0 Å². The van der Waals surface area contributed by atoms with Crippen LogP contribution in [0, 0.1) is 11.8 Å². The Hall–Kier alpha value is -2.88. The van der Waals surface area contributed by atoms with Crippen molar-refractivity contribution in [2.45, 2.75) is 64.7 Å². The van der Waals surface area contributed by atoms with E-state index < -0.39 is 6.36 Å². The van der Waals surface area contributed by atoms with Crippen LogP contribution in [0.3, 0.4) is 0 Å². The summed E-state index contributed by atoms with van der Waals surface area (Å²) in [6, 6.07) is 5.32. The van der Waals surface area contributed by atoms with Gasteiger partial charge in [-0.25, -0.2) is 0 Å². The van der Waals surface area contributed by atoms with Crippen LogP contribution in [0.25, 0.3) is 0 Å². The van der Waals surface area contributed by atoms with Crippen LogP contribution in [-0.2, 0) is 28.9 Å². The molecular weight excluding hydrogens is 493 g/mol. The molecule has 1 fully saturated rings. The van der Waals surface area contributed by atoms with Crippen molar-refractivity contribution in [3.05, 3.63) is 45.8 Å². The van der Waals surface area contributed by atoms with Gasteiger partial charge >= 0.3 is 6.36 Å². The molecule has 0 saturated heterocycles. The van der Waals surface area contributed by atoms with Gasteiger partial charge in [0.15, 0.2) is 0 Å². The van der Waals surface area contributed by atoms with Crippen molar-refractivity contribution in [3.8, 4) is 5.75 Å². The Balaban J connectivity index is 1.42. The molecule has 1 unspecified atom stereocenters. The number of aryl methyl sites for hydroxylation is 1. The zero-order valence-electron chi connectivity index (χ0n) is 20.0. The largest absolute Gasteiger partial charge is 0.573 e. The average molecular weight is 523 g/mol. The van der Waals surface area contributed by atoms with Crippen LogP contribution in [0.2, 0.25) is 0 Å². The number of hydrogen-bond acceptors (Lipinski definition) is 5. The molecule has 2 N–H and O–H groups in total. The van der Waals surface area contributed by atoms with Crippen LogP contribution in [0.1, 0.15) is 65.4 Å². The number of benzene rings is 1. The van der Waals surface area contributed by atoms with E-state index in [-0.39, 0.29) is 41.6 Å². The molecule has 0 aliphatic heterocycles. The van der Waals surface area contributed by atoms with Crippen LogP contribution in [0.4, 0.5) is 18.2 Å². The van der Waals surface area contributed by atoms with Crippen molar-refractivity contribution in [2.75, 3.05) is 11.9 Å². The molecule has 1 heterocycles. The second-order valence-corrected chi connectivity index (χ2v) is 10.6. The topological polar surface area (TPSA) is 84.5 Å². The summed E-state index contributed by atoms with van der Waals surface area (Å²) in [7, 11) is 0. The summed E-state index contributed by atoms with van der Waals surface area (Å²) in [6.07, 6.45) is 0.311. The number of alkyl halides is 3. The van der Waals surface area contributed by atoms with Crippen LogP contribution >= 0.6 is 11.3 Å². The number of fused-ring (bicyclic) bond motifs is 1. The molecule has 0 bridgehead atoms. The first kappa shape index (κ1) is 26.2. The summed E-state index contributed by atoms with van der Waals surface area (Å²) in [6.45, 7) is 2.51. The van der Waals surface area contributed by atoms with Gasteiger partial charge in [-0.15, -0.1) is 24.5 Å². The van der Waals surface area contributed by atoms with Crippen molar-refractivity contribution < 1.29 is 32.3 Å². The highest BCUT2D eigenvalue weighted by molar-refractivity contribution is 7.17. The minimum absolute atomic E-state index is 0.0117. The Bertz CT molecular complexity index is 1120. The van der Waals surface area contributed by atoms with Gasteiger partial charge in [0.1, 0.15) is 16.5 Å². The zero-order valence-corrected chi connectivity index (χ0v) is 20.8. The van der Waals surface area contributed by atoms with Gasteiger partial charge in [-0.1, -0.05) is 19.1 Å². The predicted octanol–water partition coefficient (Wildman–Crippen LogP) is 5.44. The van der Waals surface area contributed by atoms with Crippen molar-refractivity contribution in [1.82, 2.24) is 5.32 Å². The quantitative estimate of drug-likeness (QED) is 0.435. The number of Topliss-reactive ketones (excluding diaryl/α,β-unsaturated/α-hetero) is 1. The summed E-state index contributed by atoms with van der Waals surface area (Å²) in [5.41, 5.74) is 2.05. The summed E-state index contributed by atoms with van der Waals surface area (Å²) in [5.74, 6) is -0.505. The molecule has 1 aromatic carbocycles. The van der Waals surface area contributed by atoms with Crippen molar-refractivity contribution in [2.24, 2.45) is 11.8 Å². The molecule has 2 aliphatic carbocycles. The van der Waals surface area contributed by atoms with Gasteiger partial charge < -0.3 is 15.4 Å². The van der Waals surface area contributed by atoms with Gasteiger partial charge in [0.05, 0.1) is 5.56 Å². The number of thiophene rings is 1. The smallest absolute Gasteiger partial charge is 0.406 e. The number of carbonyl (C=O) groups is 3. The molecular formula is C26H29F3N2O4S. The lowest BCUT2D eigenvalue weighted by Crippen LogP contribution is -2.27. The second-order valence-electron chi connectivity index (χ2n) is 9.45. The SMILES string of the molecule is CCCNC(=O)c1c(NC(=O)C2CC2)sc2c1CC(CC(=O)Cc1ccc(OC(F)(F)F)cc1)CC2. The number of amides is 2. The molecule has 1 aromatic heterocycles. The number of anilines is 1. The molecule has 194 valence electrons. The first-order valence-electron chi connectivity index (χ1n) is 12.2. The van der Waals surface area contributed by atoms with Crippen LogP contribution in [0.15, 0.2) is 24.3 Å². The van der Waals surface area contributed by atoms with Gasteiger partial charge in [0, 0.05) is 30.2 Å². The Morgan fingerprint density at radius 3 is 2.47 bits per heavy atom. The molecule has 2 amide bonds. The number of hydrogen-bond donors (Lipinski definition) is 2. The lowest BCUT2D eigenvalue weighted by molar-refractivity contribution is -0.274. The number of nitrogens with one attached hydrogen (secondary N) is 2. The normalized spacial score (nSPS) is 17.3. The second kappa shape index (κ2) is 11.0. The maximum Gasteiger partial charge on any atom is 0.573 e. The molecule has 2 aliphatic rings. The third kappa shape index (κ3) is 6.87. The molecule has 0 radical (unpaired) electrons. The maximum atomic E-state index is 13.0. The summed E-state index contributed by atoms with van der Waals surface area (Å²) >= 11 is 1.46. The van der Waals surface area contributed by atoms with Crippen LogP contribution in [-0.4, -0.2) is 30.5 Å². The van der Waals surface area contributed by atoms with Crippen molar-refractivity contribution in [3.63, 3.8) is 0 Å². The van der Waals surface area contributed by atoms with E-state index in [9.17, 15) is 27.6 Å². The van der Waals surface area contributed by atoms with E-state index in [1.165, 1.54) is 35.6 Å². The van der Waals surface area contributed by atoms with Crippen molar-refractivity contribution >= 4 is 33.9 Å². The molecule has 36 heavy (non-hydrogen) atoms. The first-order valence-corrected chi connectivity index (χ1v) is 13.0. The number of ether oxygens (including phenoxy) is 1. The summed E-state index contributed by atoms with van der Waals surface area (Å²) in [4.78, 5) is 39.2. The number of rotatable bonds is 10. The summed E-state index contributed by atoms with van der Waals surface area (Å²) < 4.78 is 40.9. The Morgan fingerprint density at radius 2 is 1.83 bits per heavy atom. The Kier molecular flexibility index (Phi) is 8.02. The van der Waals surface area contributed by atoms with E-state index in [4.69, 9.17) is 0 Å². The highest BCUT2D eigenvalue weighted by atomic mass is 32.1. The molecule has 1 atom stereocenters. The fourth-order valence-electron chi connectivity index (χ4n) is 4.48. The third-order valence-corrected chi connectivity index (χ3v) is 7.59. The molecule has 0 spiro atoms. The number of halogens is 3. The molecule has 1 saturated carbocycles. The van der Waals surface area contributed by atoms with Crippen LogP contribution in [0.5, 0.6) is 5.75 Å². The zero-order chi connectivity index (χ0) is 25.9. The Morgan fingerprint density at radius 1 is 1.11 bits per heavy atom. The molecule has 6 nitrogen and oxygen atoms in total. The lowest BCUT2D eigenvalue weighted by atomic mass is 9.82. The van der Waals surface area contributed by atoms with Gasteiger partial charge in [-0.3, -0.25) is 14.4 Å². The predicted molar refractivity (Wildman–Crippen MR) is 130 cm³/mol. The Labute approximate surface area is 211 Å². The van der Waals surface area contributed by atoms with Crippen molar-refractivity contribution in [1.29, 1.82) is 0 Å². The standard InChI is InChI=1S/C26H29F3N2O4S/c1-2-11-30-24(34)22-20-14-16(5-10-21(20)36-25(22)31-23(33)17-6-7-17)13-18(32)12-15-3-8-19(9-4-15)35-26(27,28)29/h3-4,8-9,16-17H,2,5-7,10-14H2,1H3,(H,30,34)(H,31,33). The first-order chi connectivity index (χ1) is 17.1. The minimum Gasteiger partial charge on any atom is -0.406 e. The number of ketones is 1. The molecule has 4 rings (SSSR count). The van der Waals surface area contributed by atoms with E-state index in [0.717, 1.165) is 42.5 Å². The average Bonchev–Trinajstić information content (AvgIpc) is 3.60. The fraction of sp³-hybridized carbons (Fsp3) is 0.500. The maximum absolute atomic E-state index is 13.0. The van der Waals surface area contributed by atoms with E-state index in [0.29, 0.717) is 35.5 Å².